The molecule has 0 aliphatic carbocycles. The molecule has 0 fully saturated rings. The summed E-state index contributed by atoms with van der Waals surface area (Å²) in [4.78, 5) is 8.30. The van der Waals surface area contributed by atoms with Crippen LogP contribution in [0.25, 0.3) is 28.9 Å². The third kappa shape index (κ3) is 2.82. The Morgan fingerprint density at radius 2 is 2.00 bits per heavy atom. The normalized spacial score (nSPS) is 12.7. The van der Waals surface area contributed by atoms with Crippen LogP contribution in [0.15, 0.2) is 34.9 Å². The lowest BCUT2D eigenvalue weighted by atomic mass is 10.2. The van der Waals surface area contributed by atoms with Gasteiger partial charge in [-0.05, 0) is 37.3 Å². The second-order valence-corrected chi connectivity index (χ2v) is 6.00. The molecule has 0 saturated heterocycles. The highest BCUT2D eigenvalue weighted by Crippen LogP contribution is 2.30. The molecule has 0 spiro atoms. The van der Waals surface area contributed by atoms with E-state index in [0.717, 1.165) is 16.8 Å². The van der Waals surface area contributed by atoms with Crippen LogP contribution in [-0.2, 0) is 6.18 Å². The topological polar surface area (TPSA) is 56.2 Å². The Morgan fingerprint density at radius 1 is 1.19 bits per heavy atom. The van der Waals surface area contributed by atoms with Gasteiger partial charge in [0.25, 0.3) is 0 Å². The molecule has 0 atom stereocenters. The molecule has 0 unspecified atom stereocenters. The van der Waals surface area contributed by atoms with E-state index < -0.39 is 11.9 Å². The van der Waals surface area contributed by atoms with E-state index in [0.29, 0.717) is 33.3 Å². The number of hydrogen-bond acceptors (Lipinski definition) is 4. The molecule has 9 heteroatoms. The molecule has 5 nitrogen and oxygen atoms in total. The Labute approximate surface area is 149 Å². The van der Waals surface area contributed by atoms with Crippen LogP contribution in [-0.4, -0.2) is 19.6 Å². The van der Waals surface area contributed by atoms with E-state index in [1.54, 1.807) is 37.3 Å². The lowest BCUT2D eigenvalue weighted by molar-refractivity contribution is -0.142. The van der Waals surface area contributed by atoms with Gasteiger partial charge in [0.1, 0.15) is 11.2 Å². The van der Waals surface area contributed by atoms with Gasteiger partial charge in [0.15, 0.2) is 11.2 Å². The Hall–Kier alpha value is -2.87. The van der Waals surface area contributed by atoms with Gasteiger partial charge < -0.3 is 4.42 Å². The maximum absolute atomic E-state index is 13.1. The Kier molecular flexibility index (Phi) is 3.73. The Bertz CT molecular complexity index is 1160. The standard InChI is InChI=1S/C17H10ClF3N4O/c1-9-11(16-22-7-6-14(17(19,20)21)25(16)24-9)3-5-15-23-12-8-10(18)2-4-13(12)26-15/h2-8H,1H3/b5-3+. The molecule has 0 amide bonds. The summed E-state index contributed by atoms with van der Waals surface area (Å²) < 4.78 is 45.7. The molecule has 0 radical (unpaired) electrons. The van der Waals surface area contributed by atoms with Crippen molar-refractivity contribution in [2.24, 2.45) is 0 Å². The van der Waals surface area contributed by atoms with Gasteiger partial charge in [-0.1, -0.05) is 11.6 Å². The summed E-state index contributed by atoms with van der Waals surface area (Å²) >= 11 is 5.91. The molecule has 1 aromatic carbocycles. The zero-order valence-corrected chi connectivity index (χ0v) is 14.0. The first-order valence-corrected chi connectivity index (χ1v) is 7.86. The molecule has 0 bridgehead atoms. The van der Waals surface area contributed by atoms with E-state index in [1.165, 1.54) is 0 Å². The van der Waals surface area contributed by atoms with Crippen molar-refractivity contribution < 1.29 is 17.6 Å². The molecule has 26 heavy (non-hydrogen) atoms. The zero-order chi connectivity index (χ0) is 18.5. The Morgan fingerprint density at radius 3 is 2.77 bits per heavy atom. The van der Waals surface area contributed by atoms with E-state index in [-0.39, 0.29) is 5.65 Å². The maximum atomic E-state index is 13.1. The van der Waals surface area contributed by atoms with E-state index in [4.69, 9.17) is 16.0 Å². The van der Waals surface area contributed by atoms with Crippen LogP contribution in [0.3, 0.4) is 0 Å². The first-order chi connectivity index (χ1) is 12.3. The third-order valence-electron chi connectivity index (χ3n) is 3.79. The van der Waals surface area contributed by atoms with E-state index in [1.807, 2.05) is 0 Å². The van der Waals surface area contributed by atoms with Gasteiger partial charge >= 0.3 is 6.18 Å². The molecule has 0 aliphatic heterocycles. The van der Waals surface area contributed by atoms with Crippen LogP contribution in [0.5, 0.6) is 0 Å². The van der Waals surface area contributed by atoms with E-state index >= 15 is 0 Å². The number of aromatic nitrogens is 4. The molecular formula is C17H10ClF3N4O. The van der Waals surface area contributed by atoms with Gasteiger partial charge in [0.2, 0.25) is 5.89 Å². The van der Waals surface area contributed by atoms with Crippen molar-refractivity contribution in [3.05, 3.63) is 58.3 Å². The summed E-state index contributed by atoms with van der Waals surface area (Å²) in [6.45, 7) is 1.61. The average molecular weight is 379 g/mol. The van der Waals surface area contributed by atoms with Crippen LogP contribution < -0.4 is 0 Å². The number of oxazole rings is 1. The molecule has 3 aromatic heterocycles. The highest BCUT2D eigenvalue weighted by molar-refractivity contribution is 6.31. The van der Waals surface area contributed by atoms with Crippen molar-refractivity contribution >= 4 is 40.5 Å². The molecular weight excluding hydrogens is 369 g/mol. The number of halogens is 4. The van der Waals surface area contributed by atoms with Crippen molar-refractivity contribution in [3.63, 3.8) is 0 Å². The minimum Gasteiger partial charge on any atom is -0.437 e. The van der Waals surface area contributed by atoms with Crippen LogP contribution in [0.2, 0.25) is 5.02 Å². The van der Waals surface area contributed by atoms with Crippen LogP contribution in [0, 0.1) is 6.92 Å². The van der Waals surface area contributed by atoms with Gasteiger partial charge in [-0.15, -0.1) is 0 Å². The van der Waals surface area contributed by atoms with Crippen LogP contribution in [0.1, 0.15) is 22.8 Å². The van der Waals surface area contributed by atoms with Gasteiger partial charge in [-0.25, -0.2) is 14.5 Å². The average Bonchev–Trinajstić information content (AvgIpc) is 3.10. The highest BCUT2D eigenvalue weighted by atomic mass is 35.5. The quantitative estimate of drug-likeness (QED) is 0.491. The summed E-state index contributed by atoms with van der Waals surface area (Å²) in [5.74, 6) is 0.299. The molecule has 0 saturated carbocycles. The Balaban J connectivity index is 1.79. The fraction of sp³-hybridized carbons (Fsp3) is 0.118. The minimum atomic E-state index is -4.53. The monoisotopic (exact) mass is 378 g/mol. The number of fused-ring (bicyclic) bond motifs is 2. The number of aryl methyl sites for hydroxylation is 1. The van der Waals surface area contributed by atoms with Crippen LogP contribution in [0.4, 0.5) is 13.2 Å². The third-order valence-corrected chi connectivity index (χ3v) is 4.02. The van der Waals surface area contributed by atoms with Crippen molar-refractivity contribution in [1.82, 2.24) is 19.6 Å². The number of nitrogens with zero attached hydrogens (tertiary/aromatic N) is 4. The van der Waals surface area contributed by atoms with Gasteiger partial charge in [-0.2, -0.15) is 18.3 Å². The molecule has 0 aliphatic rings. The summed E-state index contributed by atoms with van der Waals surface area (Å²) in [6, 6.07) is 5.92. The minimum absolute atomic E-state index is 0.104. The van der Waals surface area contributed by atoms with Crippen molar-refractivity contribution in [1.29, 1.82) is 0 Å². The maximum Gasteiger partial charge on any atom is 0.433 e. The molecule has 3 heterocycles. The summed E-state index contributed by atoms with van der Waals surface area (Å²) in [5, 5.41) is 4.49. The predicted molar refractivity (Wildman–Crippen MR) is 90.7 cm³/mol. The largest absolute Gasteiger partial charge is 0.437 e. The zero-order valence-electron chi connectivity index (χ0n) is 13.3. The molecule has 4 rings (SSSR count). The molecule has 132 valence electrons. The molecule has 4 aromatic rings. The number of hydrogen-bond donors (Lipinski definition) is 0. The highest BCUT2D eigenvalue weighted by Gasteiger charge is 2.34. The molecule has 0 N–H and O–H groups in total. The number of alkyl halides is 3. The van der Waals surface area contributed by atoms with Crippen molar-refractivity contribution in [2.75, 3.05) is 0 Å². The number of rotatable bonds is 2. The fourth-order valence-electron chi connectivity index (χ4n) is 2.62. The summed E-state index contributed by atoms with van der Waals surface area (Å²) in [7, 11) is 0. The lowest BCUT2D eigenvalue weighted by Crippen LogP contribution is -2.12. The predicted octanol–water partition coefficient (Wildman–Crippen LogP) is 5.02. The smallest absolute Gasteiger partial charge is 0.433 e. The van der Waals surface area contributed by atoms with E-state index in [9.17, 15) is 13.2 Å². The first-order valence-electron chi connectivity index (χ1n) is 7.48. The second-order valence-electron chi connectivity index (χ2n) is 5.56. The lowest BCUT2D eigenvalue weighted by Gasteiger charge is -2.07. The van der Waals surface area contributed by atoms with Crippen molar-refractivity contribution in [2.45, 2.75) is 13.1 Å². The SMILES string of the molecule is Cc1nn2c(C(F)(F)F)ccnc2c1/C=C/c1nc2cc(Cl)ccc2o1. The number of benzene rings is 1. The van der Waals surface area contributed by atoms with Crippen molar-refractivity contribution in [3.8, 4) is 0 Å². The van der Waals surface area contributed by atoms with Gasteiger partial charge in [-0.3, -0.25) is 0 Å². The first kappa shape index (κ1) is 16.6. The fourth-order valence-corrected chi connectivity index (χ4v) is 2.79. The van der Waals surface area contributed by atoms with Crippen LogP contribution >= 0.6 is 11.6 Å². The van der Waals surface area contributed by atoms with Gasteiger partial charge in [0, 0.05) is 22.9 Å². The summed E-state index contributed by atoms with van der Waals surface area (Å²) in [6.07, 6.45) is -0.282. The van der Waals surface area contributed by atoms with E-state index in [2.05, 4.69) is 15.1 Å². The second kappa shape index (κ2) is 5.84. The van der Waals surface area contributed by atoms with Gasteiger partial charge in [0.05, 0.1) is 5.69 Å². The summed E-state index contributed by atoms with van der Waals surface area (Å²) in [5.41, 5.74) is 1.23.